The molecular weight excluding hydrogens is 510 g/mol. The van der Waals surface area contributed by atoms with Gasteiger partial charge in [-0.25, -0.2) is 0 Å². The molecule has 3 aromatic carbocycles. The van der Waals surface area contributed by atoms with Crippen molar-refractivity contribution in [2.75, 3.05) is 13.2 Å². The third-order valence-corrected chi connectivity index (χ3v) is 7.89. The van der Waals surface area contributed by atoms with E-state index in [1.807, 2.05) is 48.5 Å². The number of likely N-dealkylation sites (tertiary alicyclic amines) is 1. The Labute approximate surface area is 210 Å². The Morgan fingerprint density at radius 3 is 1.66 bits per heavy atom. The number of nitrogens with zero attached hydrogens (tertiary/aromatic N) is 1. The van der Waals surface area contributed by atoms with E-state index in [1.54, 1.807) is 24.3 Å². The van der Waals surface area contributed by atoms with Crippen molar-refractivity contribution in [1.29, 1.82) is 0 Å². The van der Waals surface area contributed by atoms with Crippen molar-refractivity contribution in [3.63, 3.8) is 0 Å². The van der Waals surface area contributed by atoms with E-state index >= 15 is 0 Å². The molecule has 2 atom stereocenters. The number of halogens is 1. The van der Waals surface area contributed by atoms with Crippen LogP contribution in [0, 0.1) is 11.8 Å². The largest absolute Gasteiger partial charge is 0.456 e. The summed E-state index contributed by atoms with van der Waals surface area (Å²) in [6.45, 7) is -0.948. The Balaban J connectivity index is 1.23. The average molecular weight is 530 g/mol. The predicted molar refractivity (Wildman–Crippen MR) is 130 cm³/mol. The highest BCUT2D eigenvalue weighted by Gasteiger charge is 2.61. The molecular formula is C28H20BrNO5. The number of benzene rings is 3. The third-order valence-electron chi connectivity index (χ3n) is 7.36. The van der Waals surface area contributed by atoms with Gasteiger partial charge in [0.2, 0.25) is 11.8 Å². The van der Waals surface area contributed by atoms with Crippen molar-refractivity contribution in [2.24, 2.45) is 11.8 Å². The highest BCUT2D eigenvalue weighted by atomic mass is 79.9. The van der Waals surface area contributed by atoms with Crippen LogP contribution in [0.2, 0.25) is 0 Å². The number of ether oxygens (including phenoxy) is 1. The van der Waals surface area contributed by atoms with Crippen LogP contribution in [0.25, 0.3) is 0 Å². The van der Waals surface area contributed by atoms with Crippen LogP contribution in [0.3, 0.4) is 0 Å². The fraction of sp³-hybridized carbons (Fsp3) is 0.214. The number of carbonyl (C=O) groups excluding carboxylic acids is 4. The number of rotatable bonds is 5. The van der Waals surface area contributed by atoms with Gasteiger partial charge in [0.05, 0.1) is 11.8 Å². The van der Waals surface area contributed by atoms with E-state index in [0.29, 0.717) is 5.56 Å². The number of amides is 2. The van der Waals surface area contributed by atoms with Gasteiger partial charge in [0.1, 0.15) is 6.54 Å². The van der Waals surface area contributed by atoms with E-state index in [0.717, 1.165) is 31.6 Å². The summed E-state index contributed by atoms with van der Waals surface area (Å²) in [6.07, 6.45) is 0. The van der Waals surface area contributed by atoms with E-state index < -0.39 is 31.0 Å². The molecule has 0 aromatic heterocycles. The Bertz CT molecular complexity index is 1280. The van der Waals surface area contributed by atoms with Crippen LogP contribution in [0.1, 0.15) is 44.4 Å². The maximum absolute atomic E-state index is 13.5. The second-order valence-corrected chi connectivity index (χ2v) is 10.0. The van der Waals surface area contributed by atoms with Crippen molar-refractivity contribution in [3.8, 4) is 0 Å². The predicted octanol–water partition coefficient (Wildman–Crippen LogP) is 4.07. The molecule has 4 aliphatic rings. The van der Waals surface area contributed by atoms with Crippen molar-refractivity contribution in [2.45, 2.75) is 11.8 Å². The lowest BCUT2D eigenvalue weighted by Crippen LogP contribution is -2.41. The minimum absolute atomic E-state index is 0.228. The van der Waals surface area contributed by atoms with Gasteiger partial charge in [0, 0.05) is 21.9 Å². The molecule has 3 aromatic rings. The van der Waals surface area contributed by atoms with E-state index in [-0.39, 0.29) is 29.4 Å². The van der Waals surface area contributed by atoms with Crippen molar-refractivity contribution < 1.29 is 23.9 Å². The van der Waals surface area contributed by atoms with Gasteiger partial charge in [-0.1, -0.05) is 76.6 Å². The maximum Gasteiger partial charge on any atom is 0.326 e. The number of ketones is 1. The summed E-state index contributed by atoms with van der Waals surface area (Å²) in [6, 6.07) is 22.6. The van der Waals surface area contributed by atoms with Crippen LogP contribution in [-0.4, -0.2) is 41.6 Å². The number of esters is 1. The standard InChI is InChI=1S/C28H20BrNO5/c29-16-11-9-15(10-12-16)21(31)14-35-22(32)13-30-27(33)25-23-17-5-1-2-6-18(17)24(26(25)28(30)34)20-8-4-3-7-19(20)23/h1-12,23-26H,13-14H2. The summed E-state index contributed by atoms with van der Waals surface area (Å²) >= 11 is 3.31. The summed E-state index contributed by atoms with van der Waals surface area (Å²) in [5.74, 6) is -3.39. The van der Waals surface area contributed by atoms with Crippen LogP contribution < -0.4 is 0 Å². The fourth-order valence-corrected chi connectivity index (χ4v) is 6.20. The third kappa shape index (κ3) is 3.37. The molecule has 1 fully saturated rings. The van der Waals surface area contributed by atoms with E-state index in [9.17, 15) is 19.2 Å². The Morgan fingerprint density at radius 2 is 1.20 bits per heavy atom. The highest BCUT2D eigenvalue weighted by Crippen LogP contribution is 2.60. The lowest BCUT2D eigenvalue weighted by Gasteiger charge is -2.45. The van der Waals surface area contributed by atoms with Crippen LogP contribution in [0.5, 0.6) is 0 Å². The molecule has 174 valence electrons. The van der Waals surface area contributed by atoms with Crippen molar-refractivity contribution >= 4 is 39.5 Å². The summed E-state index contributed by atoms with van der Waals surface area (Å²) in [4.78, 5) is 53.0. The molecule has 0 spiro atoms. The molecule has 35 heavy (non-hydrogen) atoms. The van der Waals surface area contributed by atoms with Gasteiger partial charge in [0.15, 0.2) is 12.4 Å². The van der Waals surface area contributed by atoms with Crippen LogP contribution in [0.4, 0.5) is 0 Å². The Morgan fingerprint density at radius 1 is 0.743 bits per heavy atom. The summed E-state index contributed by atoms with van der Waals surface area (Å²) in [7, 11) is 0. The van der Waals surface area contributed by atoms with Gasteiger partial charge in [-0.05, 0) is 34.4 Å². The van der Waals surface area contributed by atoms with Gasteiger partial charge >= 0.3 is 5.97 Å². The Kier molecular flexibility index (Phi) is 5.18. The fourth-order valence-electron chi connectivity index (χ4n) is 5.93. The number of carbonyl (C=O) groups is 4. The molecule has 0 saturated carbocycles. The zero-order valence-electron chi connectivity index (χ0n) is 18.5. The molecule has 1 heterocycles. The van der Waals surface area contributed by atoms with E-state index in [1.165, 1.54) is 0 Å². The summed E-state index contributed by atoms with van der Waals surface area (Å²) < 4.78 is 5.98. The monoisotopic (exact) mass is 529 g/mol. The molecule has 3 aliphatic carbocycles. The first-order chi connectivity index (χ1) is 17.0. The first-order valence-corrected chi connectivity index (χ1v) is 12.2. The quantitative estimate of drug-likeness (QED) is 0.282. The average Bonchev–Trinajstić information content (AvgIpc) is 3.13. The van der Waals surface area contributed by atoms with Gasteiger partial charge < -0.3 is 4.74 Å². The number of hydrogen-bond acceptors (Lipinski definition) is 5. The van der Waals surface area contributed by atoms with Crippen LogP contribution >= 0.6 is 15.9 Å². The molecule has 1 saturated heterocycles. The molecule has 1 aliphatic heterocycles. The zero-order valence-corrected chi connectivity index (χ0v) is 20.1. The van der Waals surface area contributed by atoms with E-state index in [2.05, 4.69) is 15.9 Å². The first-order valence-electron chi connectivity index (χ1n) is 11.4. The minimum atomic E-state index is -0.779. The summed E-state index contributed by atoms with van der Waals surface area (Å²) in [5, 5.41) is 0. The van der Waals surface area contributed by atoms with Gasteiger partial charge in [-0.15, -0.1) is 0 Å². The second kappa shape index (κ2) is 8.27. The molecule has 2 unspecified atom stereocenters. The topological polar surface area (TPSA) is 80.8 Å². The van der Waals surface area contributed by atoms with E-state index in [4.69, 9.17) is 4.74 Å². The molecule has 2 bridgehead atoms. The van der Waals surface area contributed by atoms with Gasteiger partial charge in [-0.3, -0.25) is 24.1 Å². The molecule has 0 N–H and O–H groups in total. The lowest BCUT2D eigenvalue weighted by atomic mass is 9.55. The number of Topliss-reactive ketones (excluding diaryl/α,β-unsaturated/α-hetero) is 1. The Hall–Kier alpha value is -3.58. The van der Waals surface area contributed by atoms with Crippen LogP contribution in [0.15, 0.2) is 77.3 Å². The van der Waals surface area contributed by atoms with Gasteiger partial charge in [0.25, 0.3) is 0 Å². The second-order valence-electron chi connectivity index (χ2n) is 9.12. The summed E-state index contributed by atoms with van der Waals surface area (Å²) in [5.41, 5.74) is 4.70. The SMILES string of the molecule is O=C(CN1C(=O)C2C3c4ccccc4C(c4ccccc43)C2C1=O)OCC(=O)c1ccc(Br)cc1. The highest BCUT2D eigenvalue weighted by molar-refractivity contribution is 9.10. The molecule has 7 heteroatoms. The number of hydrogen-bond donors (Lipinski definition) is 0. The zero-order chi connectivity index (χ0) is 24.3. The molecule has 0 radical (unpaired) electrons. The van der Waals surface area contributed by atoms with Crippen molar-refractivity contribution in [3.05, 3.63) is 105 Å². The minimum Gasteiger partial charge on any atom is -0.456 e. The smallest absolute Gasteiger partial charge is 0.326 e. The maximum atomic E-state index is 13.5. The van der Waals surface area contributed by atoms with Crippen molar-refractivity contribution in [1.82, 2.24) is 4.90 Å². The molecule has 6 nitrogen and oxygen atoms in total. The molecule has 2 amide bonds. The first kappa shape index (κ1) is 21.9. The van der Waals surface area contributed by atoms with Crippen LogP contribution in [-0.2, 0) is 19.1 Å². The molecule has 7 rings (SSSR count). The lowest BCUT2D eigenvalue weighted by molar-refractivity contribution is -0.152. The number of imide groups is 1. The normalized spacial score (nSPS) is 23.5. The van der Waals surface area contributed by atoms with Gasteiger partial charge in [-0.2, -0.15) is 0 Å².